The number of carbonyl (C=O) groups is 1. The first-order valence-electron chi connectivity index (χ1n) is 6.82. The molecule has 5 nitrogen and oxygen atoms in total. The van der Waals surface area contributed by atoms with Gasteiger partial charge < -0.3 is 14.0 Å². The molecule has 0 atom stereocenters. The third-order valence-corrected chi connectivity index (χ3v) is 3.98. The van der Waals surface area contributed by atoms with Crippen LogP contribution in [0.4, 0.5) is 0 Å². The van der Waals surface area contributed by atoms with Crippen molar-refractivity contribution in [3.05, 3.63) is 29.4 Å². The van der Waals surface area contributed by atoms with Crippen LogP contribution in [0.25, 0.3) is 6.08 Å². The summed E-state index contributed by atoms with van der Waals surface area (Å²) < 4.78 is 16.8. The molecule has 112 valence electrons. The van der Waals surface area contributed by atoms with Crippen LogP contribution in [0.5, 0.6) is 5.88 Å². The molecule has 0 aromatic carbocycles. The van der Waals surface area contributed by atoms with E-state index in [0.717, 1.165) is 6.29 Å². The summed E-state index contributed by atoms with van der Waals surface area (Å²) in [4.78, 5) is 15.1. The molecule has 0 aliphatic carbocycles. The zero-order valence-corrected chi connectivity index (χ0v) is 13.0. The summed E-state index contributed by atoms with van der Waals surface area (Å²) in [5.74, 6) is 2.24. The van der Waals surface area contributed by atoms with E-state index in [1.807, 2.05) is 27.7 Å². The van der Waals surface area contributed by atoms with E-state index in [1.54, 1.807) is 18.1 Å². The molecule has 0 spiro atoms. The van der Waals surface area contributed by atoms with Crippen molar-refractivity contribution >= 4 is 19.5 Å². The number of aromatic nitrogens is 1. The van der Waals surface area contributed by atoms with Gasteiger partial charge in [0.15, 0.2) is 6.29 Å². The van der Waals surface area contributed by atoms with Crippen molar-refractivity contribution in [1.82, 2.24) is 4.98 Å². The van der Waals surface area contributed by atoms with Crippen LogP contribution in [0.1, 0.15) is 43.6 Å². The summed E-state index contributed by atoms with van der Waals surface area (Å²) in [6.07, 6.45) is 4.03. The normalized spacial score (nSPS) is 20.0. The van der Waals surface area contributed by atoms with E-state index in [9.17, 15) is 4.79 Å². The summed E-state index contributed by atoms with van der Waals surface area (Å²) in [5, 5.41) is 0. The van der Waals surface area contributed by atoms with Crippen LogP contribution in [0.2, 0.25) is 0 Å². The largest absolute Gasteiger partial charge is 0.487 e. The lowest BCUT2D eigenvalue weighted by atomic mass is 9.89. The molecule has 6 heteroatoms. The fraction of sp³-hybridized carbons (Fsp3) is 0.467. The minimum Gasteiger partial charge on any atom is -0.481 e. The monoisotopic (exact) mass is 289 g/mol. The highest BCUT2D eigenvalue weighted by atomic mass is 16.7. The Bertz CT molecular complexity index is 553. The predicted molar refractivity (Wildman–Crippen MR) is 81.3 cm³/mol. The van der Waals surface area contributed by atoms with Crippen molar-refractivity contribution < 1.29 is 18.8 Å². The number of hydrogen-bond donors (Lipinski definition) is 0. The number of nitrogens with zero attached hydrogens (tertiary/aromatic N) is 1. The standard InChI is InChI=1S/C15H20BNO4/c1-14(2)15(3,4)21-16(20-14)7-6-11-8-13(19-5)17-9-12(11)10-18/h6-10H,1-5H3/b7-6+. The molecule has 2 rings (SSSR count). The molecule has 0 unspecified atom stereocenters. The fourth-order valence-corrected chi connectivity index (χ4v) is 1.97. The highest BCUT2D eigenvalue weighted by molar-refractivity contribution is 6.52. The molecule has 1 aromatic rings. The lowest BCUT2D eigenvalue weighted by Crippen LogP contribution is -2.41. The van der Waals surface area contributed by atoms with Crippen LogP contribution >= 0.6 is 0 Å². The first-order valence-corrected chi connectivity index (χ1v) is 6.82. The molecule has 1 aliphatic heterocycles. The molecule has 2 heterocycles. The molecule has 0 amide bonds. The van der Waals surface area contributed by atoms with Crippen molar-refractivity contribution in [2.75, 3.05) is 7.11 Å². The number of hydrogen-bond acceptors (Lipinski definition) is 5. The highest BCUT2D eigenvalue weighted by Crippen LogP contribution is 2.37. The molecular formula is C15H20BNO4. The number of carbonyl (C=O) groups excluding carboxylic acids is 1. The number of ether oxygens (including phenoxy) is 1. The second-order valence-electron chi connectivity index (χ2n) is 5.96. The first kappa shape index (κ1) is 15.7. The number of aldehydes is 1. The van der Waals surface area contributed by atoms with E-state index in [0.29, 0.717) is 17.0 Å². The van der Waals surface area contributed by atoms with Crippen LogP contribution in [-0.4, -0.2) is 36.7 Å². The Morgan fingerprint density at radius 3 is 2.33 bits per heavy atom. The molecule has 21 heavy (non-hydrogen) atoms. The van der Waals surface area contributed by atoms with E-state index >= 15 is 0 Å². The third kappa shape index (κ3) is 3.17. The van der Waals surface area contributed by atoms with Crippen molar-refractivity contribution in [3.8, 4) is 5.88 Å². The molecule has 0 N–H and O–H groups in total. The highest BCUT2D eigenvalue weighted by Gasteiger charge is 2.49. The summed E-state index contributed by atoms with van der Waals surface area (Å²) in [7, 11) is 1.08. The number of pyridine rings is 1. The van der Waals surface area contributed by atoms with E-state index in [1.165, 1.54) is 13.3 Å². The van der Waals surface area contributed by atoms with E-state index in [4.69, 9.17) is 14.0 Å². The van der Waals surface area contributed by atoms with Crippen molar-refractivity contribution in [3.63, 3.8) is 0 Å². The van der Waals surface area contributed by atoms with Crippen LogP contribution in [-0.2, 0) is 9.31 Å². The maximum absolute atomic E-state index is 11.1. The van der Waals surface area contributed by atoms with Crippen molar-refractivity contribution in [2.24, 2.45) is 0 Å². The maximum atomic E-state index is 11.1. The zero-order chi connectivity index (χ0) is 15.7. The van der Waals surface area contributed by atoms with Gasteiger partial charge in [-0.15, -0.1) is 0 Å². The Labute approximate surface area is 125 Å². The molecular weight excluding hydrogens is 269 g/mol. The minimum atomic E-state index is -0.450. The van der Waals surface area contributed by atoms with Gasteiger partial charge in [-0.05, 0) is 33.3 Å². The number of rotatable bonds is 4. The van der Waals surface area contributed by atoms with E-state index in [-0.39, 0.29) is 11.2 Å². The van der Waals surface area contributed by atoms with Crippen molar-refractivity contribution in [2.45, 2.75) is 38.9 Å². The Kier molecular flexibility index (Phi) is 4.21. The predicted octanol–water partition coefficient (Wildman–Crippen LogP) is 2.55. The van der Waals surface area contributed by atoms with Gasteiger partial charge in [-0.25, -0.2) is 4.98 Å². The summed E-state index contributed by atoms with van der Waals surface area (Å²) in [6, 6.07) is 1.70. The van der Waals surface area contributed by atoms with Crippen LogP contribution < -0.4 is 4.74 Å². The lowest BCUT2D eigenvalue weighted by Gasteiger charge is -2.32. The van der Waals surface area contributed by atoms with E-state index in [2.05, 4.69) is 4.98 Å². The van der Waals surface area contributed by atoms with Gasteiger partial charge in [0.2, 0.25) is 5.88 Å². The van der Waals surface area contributed by atoms with Gasteiger partial charge in [-0.1, -0.05) is 12.1 Å². The third-order valence-electron chi connectivity index (χ3n) is 3.98. The van der Waals surface area contributed by atoms with Crippen molar-refractivity contribution in [1.29, 1.82) is 0 Å². The summed E-state index contributed by atoms with van der Waals surface area (Å²) in [5.41, 5.74) is 0.437. The van der Waals surface area contributed by atoms with Gasteiger partial charge >= 0.3 is 7.12 Å². The van der Waals surface area contributed by atoms with Gasteiger partial charge in [-0.3, -0.25) is 4.79 Å². The molecule has 0 radical (unpaired) electrons. The fourth-order valence-electron chi connectivity index (χ4n) is 1.97. The number of methoxy groups -OCH3 is 1. The SMILES string of the molecule is COc1cc(/C=C/B2OC(C)(C)C(C)(C)O2)c(C=O)cn1. The quantitative estimate of drug-likeness (QED) is 0.629. The van der Waals surface area contributed by atoms with Gasteiger partial charge in [0.1, 0.15) is 0 Å². The average molecular weight is 289 g/mol. The van der Waals surface area contributed by atoms with Gasteiger partial charge in [0.05, 0.1) is 18.3 Å². The van der Waals surface area contributed by atoms with Gasteiger partial charge in [-0.2, -0.15) is 0 Å². The minimum absolute atomic E-state index is 0.384. The molecule has 0 saturated carbocycles. The summed E-state index contributed by atoms with van der Waals surface area (Å²) in [6.45, 7) is 7.97. The Balaban J connectivity index is 2.21. The topological polar surface area (TPSA) is 57.7 Å². The molecule has 1 aliphatic rings. The molecule has 1 aromatic heterocycles. The second kappa shape index (κ2) is 5.62. The lowest BCUT2D eigenvalue weighted by molar-refractivity contribution is 0.00578. The van der Waals surface area contributed by atoms with Gasteiger partial charge in [0, 0.05) is 17.8 Å². The zero-order valence-electron chi connectivity index (χ0n) is 13.0. The van der Waals surface area contributed by atoms with Gasteiger partial charge in [0.25, 0.3) is 0 Å². The van der Waals surface area contributed by atoms with Crippen LogP contribution in [0.15, 0.2) is 18.2 Å². The maximum Gasteiger partial charge on any atom is 0.487 e. The second-order valence-corrected chi connectivity index (χ2v) is 5.96. The smallest absolute Gasteiger partial charge is 0.481 e. The Morgan fingerprint density at radius 2 is 1.81 bits per heavy atom. The first-order chi connectivity index (χ1) is 9.79. The van der Waals surface area contributed by atoms with Crippen LogP contribution in [0.3, 0.4) is 0 Å². The Hall–Kier alpha value is -1.66. The summed E-state index contributed by atoms with van der Waals surface area (Å²) >= 11 is 0. The average Bonchev–Trinajstić information content (AvgIpc) is 2.64. The van der Waals surface area contributed by atoms with Crippen LogP contribution in [0, 0.1) is 0 Å². The molecule has 0 bridgehead atoms. The molecule has 1 fully saturated rings. The Morgan fingerprint density at radius 1 is 1.19 bits per heavy atom. The van der Waals surface area contributed by atoms with E-state index < -0.39 is 7.12 Å². The molecule has 1 saturated heterocycles.